The molecule has 0 aromatic heterocycles. The maximum Gasteiger partial charge on any atom is 0.146 e. The third-order valence-corrected chi connectivity index (χ3v) is 3.51. The third-order valence-electron chi connectivity index (χ3n) is 3.51. The van der Waals surface area contributed by atoms with Crippen molar-refractivity contribution in [1.29, 1.82) is 0 Å². The Morgan fingerprint density at radius 3 is 1.35 bits per heavy atom. The summed E-state index contributed by atoms with van der Waals surface area (Å²) in [4.78, 5) is 25.8. The molecule has 0 aliphatic carbocycles. The maximum absolute atomic E-state index is 12.9. The molecule has 0 radical (unpaired) electrons. The van der Waals surface area contributed by atoms with Crippen molar-refractivity contribution in [1.82, 2.24) is 0 Å². The van der Waals surface area contributed by atoms with Crippen molar-refractivity contribution >= 4 is 11.6 Å². The molecule has 0 spiro atoms. The van der Waals surface area contributed by atoms with Crippen molar-refractivity contribution in [3.63, 3.8) is 0 Å². The normalized spacial score (nSPS) is 21.9. The molecule has 0 aromatic carbocycles. The van der Waals surface area contributed by atoms with Gasteiger partial charge in [-0.3, -0.25) is 9.59 Å². The molecule has 2 nitrogen and oxygen atoms in total. The summed E-state index contributed by atoms with van der Waals surface area (Å²) in [5.74, 6) is -2.71. The lowest BCUT2D eigenvalue weighted by atomic mass is 9.73. The van der Waals surface area contributed by atoms with Crippen LogP contribution in [0.4, 0.5) is 0 Å². The van der Waals surface area contributed by atoms with Crippen LogP contribution >= 0.6 is 0 Å². The highest BCUT2D eigenvalue weighted by Crippen LogP contribution is 2.32. The van der Waals surface area contributed by atoms with Gasteiger partial charge in [0.2, 0.25) is 0 Å². The van der Waals surface area contributed by atoms with Gasteiger partial charge in [0.15, 0.2) is 0 Å². The Bertz CT molecular complexity index is 453. The fourth-order valence-corrected chi connectivity index (χ4v) is 1.48. The van der Waals surface area contributed by atoms with Crippen LogP contribution in [-0.2, 0) is 9.59 Å². The second-order valence-corrected chi connectivity index (χ2v) is 4.36. The molecule has 17 heavy (non-hydrogen) atoms. The van der Waals surface area contributed by atoms with Gasteiger partial charge in [-0.2, -0.15) is 0 Å². The van der Waals surface area contributed by atoms with Crippen LogP contribution in [0.1, 0.15) is 84.4 Å². The molecule has 0 bridgehead atoms. The largest absolute Gasteiger partial charge is 0.299 e. The van der Waals surface area contributed by atoms with Gasteiger partial charge >= 0.3 is 0 Å². The first-order chi connectivity index (χ1) is 11.1. The van der Waals surface area contributed by atoms with Crippen LogP contribution in [0.25, 0.3) is 0 Å². The van der Waals surface area contributed by atoms with E-state index in [0.717, 1.165) is 0 Å². The van der Waals surface area contributed by atoms with E-state index in [2.05, 4.69) is 0 Å². The van der Waals surface area contributed by atoms with E-state index in [1.165, 1.54) is 27.7 Å². The van der Waals surface area contributed by atoms with E-state index in [-0.39, 0.29) is 25.7 Å². The number of hydrogen-bond acceptors (Lipinski definition) is 2. The van der Waals surface area contributed by atoms with E-state index in [1.54, 1.807) is 0 Å². The lowest BCUT2D eigenvalue weighted by Crippen LogP contribution is -2.34. The van der Waals surface area contributed by atoms with Gasteiger partial charge in [0.25, 0.3) is 0 Å². The Labute approximate surface area is 117 Å². The second kappa shape index (κ2) is 6.32. The van der Waals surface area contributed by atoms with Crippen molar-refractivity contribution in [2.75, 3.05) is 0 Å². The van der Waals surface area contributed by atoms with E-state index in [1.807, 2.05) is 0 Å². The van der Waals surface area contributed by atoms with Gasteiger partial charge < -0.3 is 0 Å². The van der Waals surface area contributed by atoms with Gasteiger partial charge in [-0.25, -0.2) is 0 Å². The number of carbonyl (C=O) groups is 2. The summed E-state index contributed by atoms with van der Waals surface area (Å²) < 4.78 is 62.3. The molecular weight excluding hydrogens is 212 g/mol. The third kappa shape index (κ3) is 3.65. The zero-order valence-corrected chi connectivity index (χ0v) is 11.1. The summed E-state index contributed by atoms with van der Waals surface area (Å²) in [6, 6.07) is 0. The van der Waals surface area contributed by atoms with E-state index >= 15 is 0 Å². The van der Waals surface area contributed by atoms with Gasteiger partial charge in [0.05, 0.1) is 6.37 Å². The zero-order chi connectivity index (χ0) is 20.5. The van der Waals surface area contributed by atoms with Gasteiger partial charge in [-0.05, 0) is 25.7 Å². The average Bonchev–Trinajstić information content (AvgIpc) is 2.47. The van der Waals surface area contributed by atoms with E-state index in [9.17, 15) is 9.59 Å². The number of Topliss-reactive ketones (excluding diaryl/α,β-unsaturated/α-hetero) is 2. The molecule has 0 unspecified atom stereocenters. The van der Waals surface area contributed by atoms with Crippen molar-refractivity contribution in [3.05, 3.63) is 0 Å². The molecule has 2 heteroatoms. The van der Waals surface area contributed by atoms with E-state index in [0.29, 0.717) is 0 Å². The average molecular weight is 248 g/mol. The molecule has 0 atom stereocenters. The fraction of sp³-hybridized carbons (Fsp3) is 0.867. The number of ketones is 2. The summed E-state index contributed by atoms with van der Waals surface area (Å²) >= 11 is 0. The summed E-state index contributed by atoms with van der Waals surface area (Å²) in [6.07, 6.45) is -3.90. The Hall–Kier alpha value is -0.660. The van der Waals surface area contributed by atoms with Gasteiger partial charge in [0, 0.05) is 21.8 Å². The summed E-state index contributed by atoms with van der Waals surface area (Å²) in [5.41, 5.74) is -4.07. The van der Waals surface area contributed by atoms with E-state index < -0.39 is 42.5 Å². The van der Waals surface area contributed by atoms with Crippen LogP contribution in [0.15, 0.2) is 0 Å². The topological polar surface area (TPSA) is 34.1 Å². The molecule has 0 aromatic rings. The Kier molecular flexibility index (Phi) is 2.62. The van der Waals surface area contributed by atoms with E-state index in [4.69, 9.17) is 11.0 Å². The molecule has 0 amide bonds. The Morgan fingerprint density at radius 2 is 1.18 bits per heavy atom. The highest BCUT2D eigenvalue weighted by Gasteiger charge is 2.35. The molecule has 0 heterocycles. The molecule has 100 valence electrons. The lowest BCUT2D eigenvalue weighted by Gasteiger charge is -2.29. The molecule has 0 saturated heterocycles. The first-order valence-corrected chi connectivity index (χ1v) is 6.15. The number of hydrogen-bond donors (Lipinski definition) is 0. The minimum atomic E-state index is -3.19. The minimum Gasteiger partial charge on any atom is -0.299 e. The van der Waals surface area contributed by atoms with Crippen molar-refractivity contribution in [2.24, 2.45) is 10.8 Å². The SMILES string of the molecule is [2H]C([2H])(C(=O)C(CC)(CC)C([2H])([2H])[2H])C(=O)C(CC)(CC)C([2H])([2H])[2H]. The number of rotatable bonds is 8. The van der Waals surface area contributed by atoms with Gasteiger partial charge in [0.1, 0.15) is 11.6 Å². The van der Waals surface area contributed by atoms with Crippen LogP contribution in [0.3, 0.4) is 0 Å². The van der Waals surface area contributed by atoms with Crippen LogP contribution in [0.5, 0.6) is 0 Å². The van der Waals surface area contributed by atoms with Crippen LogP contribution in [-0.4, -0.2) is 11.6 Å². The van der Waals surface area contributed by atoms with Crippen molar-refractivity contribution in [3.8, 4) is 0 Å². The molecule has 0 aliphatic rings. The first kappa shape index (κ1) is 7.06. The standard InChI is InChI=1S/C15H28O2/c1-7-14(5,8-2)12(16)11-13(17)15(6,9-3)10-4/h7-11H2,1-6H3/i5D3,6D3,11D2. The second-order valence-electron chi connectivity index (χ2n) is 4.36. The van der Waals surface area contributed by atoms with Gasteiger partial charge in [-0.1, -0.05) is 41.4 Å². The molecule has 0 aliphatic heterocycles. The summed E-state index contributed by atoms with van der Waals surface area (Å²) in [5, 5.41) is 0. The van der Waals surface area contributed by atoms with Crippen molar-refractivity contribution < 1.29 is 20.6 Å². The first-order valence-electron chi connectivity index (χ1n) is 10.2. The van der Waals surface area contributed by atoms with Crippen LogP contribution in [0, 0.1) is 10.8 Å². The molecular formula is C15H28O2. The molecule has 0 saturated carbocycles. The molecule has 0 N–H and O–H groups in total. The monoisotopic (exact) mass is 248 g/mol. The predicted octanol–water partition coefficient (Wildman–Crippen LogP) is 4.17. The molecule has 0 fully saturated rings. The van der Waals surface area contributed by atoms with Gasteiger partial charge in [-0.15, -0.1) is 0 Å². The summed E-state index contributed by atoms with van der Waals surface area (Å²) in [6.45, 7) is 0.191. The van der Waals surface area contributed by atoms with Crippen LogP contribution < -0.4 is 0 Å². The maximum atomic E-state index is 12.9. The van der Waals surface area contributed by atoms with Crippen LogP contribution in [0.2, 0.25) is 0 Å². The Morgan fingerprint density at radius 1 is 0.882 bits per heavy atom. The minimum absolute atomic E-state index is 0.176. The lowest BCUT2D eigenvalue weighted by molar-refractivity contribution is -0.137. The highest BCUT2D eigenvalue weighted by molar-refractivity contribution is 6.03. The zero-order valence-electron chi connectivity index (χ0n) is 19.1. The smallest absolute Gasteiger partial charge is 0.146 e. The quantitative estimate of drug-likeness (QED) is 0.604. The Balaban J connectivity index is 6.38. The molecule has 0 rings (SSSR count). The highest BCUT2D eigenvalue weighted by atomic mass is 16.2. The number of carbonyl (C=O) groups excluding carboxylic acids is 2. The fourth-order valence-electron chi connectivity index (χ4n) is 1.48. The van der Waals surface area contributed by atoms with Crippen molar-refractivity contribution in [2.45, 2.75) is 73.5 Å². The predicted molar refractivity (Wildman–Crippen MR) is 72.0 cm³/mol. The summed E-state index contributed by atoms with van der Waals surface area (Å²) in [7, 11) is 0.